The molecule has 3 N–H and O–H groups in total. The quantitative estimate of drug-likeness (QED) is 0.175. The van der Waals surface area contributed by atoms with E-state index < -0.39 is 16.0 Å². The maximum Gasteiger partial charge on any atom is 0.335 e. The van der Waals surface area contributed by atoms with Crippen LogP contribution in [0.1, 0.15) is 122 Å². The average Bonchev–Trinajstić information content (AvgIpc) is 3.42. The van der Waals surface area contributed by atoms with E-state index in [0.717, 1.165) is 37.7 Å². The van der Waals surface area contributed by atoms with Crippen LogP contribution in [0, 0.1) is 51.2 Å². The third kappa shape index (κ3) is 6.10. The number of amides is 2. The van der Waals surface area contributed by atoms with Gasteiger partial charge in [0.25, 0.3) is 0 Å². The third-order valence-corrected chi connectivity index (χ3v) is 17.3. The lowest BCUT2D eigenvalue weighted by Crippen LogP contribution is -2.68. The van der Waals surface area contributed by atoms with Crippen LogP contribution in [0.15, 0.2) is 42.5 Å². The van der Waals surface area contributed by atoms with Crippen LogP contribution in [0.25, 0.3) is 5.57 Å². The van der Waals surface area contributed by atoms with Crippen LogP contribution in [-0.4, -0.2) is 61.8 Å². The van der Waals surface area contributed by atoms with Gasteiger partial charge in [-0.05, 0) is 146 Å². The van der Waals surface area contributed by atoms with Gasteiger partial charge in [0, 0.05) is 25.7 Å². The SMILES string of the molecule is C=C(C)[C@@H]1CC[C@]2(NC(=O)NCCCN(C)S(C)(=O)=O)CC[C@]3(C)[C@H](CC[C@@H]4[C@@]5(C)CC=C(c6ccc(C(=O)O)cc6)C(C)(C)[C@@H]5CC[C@]43C)[C@@H]12. The summed E-state index contributed by atoms with van der Waals surface area (Å²) in [5, 5.41) is 16.1. The molecule has 0 unspecified atom stereocenters. The van der Waals surface area contributed by atoms with Gasteiger partial charge in [0.2, 0.25) is 10.0 Å². The lowest BCUT2D eigenvalue weighted by molar-refractivity contribution is -0.218. The smallest absolute Gasteiger partial charge is 0.335 e. The predicted molar refractivity (Wildman–Crippen MR) is 205 cm³/mol. The van der Waals surface area contributed by atoms with E-state index in [1.807, 2.05) is 12.1 Å². The summed E-state index contributed by atoms with van der Waals surface area (Å²) < 4.78 is 24.9. The Morgan fingerprint density at radius 1 is 0.941 bits per heavy atom. The van der Waals surface area contributed by atoms with E-state index in [0.29, 0.717) is 54.7 Å². The van der Waals surface area contributed by atoms with Gasteiger partial charge < -0.3 is 15.7 Å². The molecule has 5 aliphatic carbocycles. The topological polar surface area (TPSA) is 116 Å². The molecular formula is C42H63N3O5S. The second-order valence-corrected chi connectivity index (χ2v) is 20.7. The Labute approximate surface area is 307 Å². The van der Waals surface area contributed by atoms with Gasteiger partial charge in [-0.1, -0.05) is 65.0 Å². The van der Waals surface area contributed by atoms with Gasteiger partial charge in [0.1, 0.15) is 0 Å². The van der Waals surface area contributed by atoms with Crippen molar-refractivity contribution in [2.75, 3.05) is 26.4 Å². The maximum absolute atomic E-state index is 13.5. The number of fused-ring (bicyclic) bond motifs is 7. The molecule has 1 aromatic rings. The highest BCUT2D eigenvalue weighted by Gasteiger charge is 2.70. The molecule has 8 nitrogen and oxygen atoms in total. The van der Waals surface area contributed by atoms with Crippen LogP contribution < -0.4 is 10.6 Å². The number of carbonyl (C=O) groups excluding carboxylic acids is 1. The average molecular weight is 722 g/mol. The van der Waals surface area contributed by atoms with Crippen LogP contribution in [0.5, 0.6) is 0 Å². The van der Waals surface area contributed by atoms with Crippen molar-refractivity contribution >= 4 is 27.6 Å². The number of hydrogen-bond acceptors (Lipinski definition) is 4. The van der Waals surface area contributed by atoms with Crippen molar-refractivity contribution in [1.29, 1.82) is 0 Å². The molecule has 5 aliphatic rings. The minimum Gasteiger partial charge on any atom is -0.478 e. The van der Waals surface area contributed by atoms with Crippen molar-refractivity contribution in [1.82, 2.24) is 14.9 Å². The number of carbonyl (C=O) groups is 2. The van der Waals surface area contributed by atoms with Crippen LogP contribution in [0.2, 0.25) is 0 Å². The predicted octanol–water partition coefficient (Wildman–Crippen LogP) is 8.37. The monoisotopic (exact) mass is 721 g/mol. The highest BCUT2D eigenvalue weighted by molar-refractivity contribution is 7.88. The number of allylic oxidation sites excluding steroid dienone is 3. The van der Waals surface area contributed by atoms with Gasteiger partial charge in [-0.15, -0.1) is 0 Å². The van der Waals surface area contributed by atoms with Gasteiger partial charge in [0.05, 0.1) is 11.8 Å². The second kappa shape index (κ2) is 13.0. The first kappa shape index (κ1) is 38.1. The summed E-state index contributed by atoms with van der Waals surface area (Å²) in [6.07, 6.45) is 14.2. The first-order valence-electron chi connectivity index (χ1n) is 19.4. The molecule has 4 saturated carbocycles. The molecule has 9 heteroatoms. The zero-order chi connectivity index (χ0) is 37.4. The summed E-state index contributed by atoms with van der Waals surface area (Å²) in [6, 6.07) is 7.35. The molecule has 51 heavy (non-hydrogen) atoms. The van der Waals surface area contributed by atoms with Crippen LogP contribution in [0.3, 0.4) is 0 Å². The maximum atomic E-state index is 13.5. The van der Waals surface area contributed by atoms with E-state index in [9.17, 15) is 23.1 Å². The number of nitrogens with one attached hydrogen (secondary N) is 2. The molecule has 0 aliphatic heterocycles. The summed E-state index contributed by atoms with van der Waals surface area (Å²) in [5.74, 6) is 1.47. The van der Waals surface area contributed by atoms with Crippen LogP contribution in [0.4, 0.5) is 4.79 Å². The Bertz CT molecular complexity index is 1700. The van der Waals surface area contributed by atoms with E-state index in [1.54, 1.807) is 19.2 Å². The molecule has 6 rings (SSSR count). The summed E-state index contributed by atoms with van der Waals surface area (Å²) in [6.45, 7) is 20.2. The Morgan fingerprint density at radius 2 is 1.63 bits per heavy atom. The molecular weight excluding hydrogens is 659 g/mol. The number of benzene rings is 1. The van der Waals surface area contributed by atoms with E-state index >= 15 is 0 Å². The number of hydrogen-bond donors (Lipinski definition) is 3. The van der Waals surface area contributed by atoms with Crippen molar-refractivity contribution in [3.63, 3.8) is 0 Å². The van der Waals surface area contributed by atoms with E-state index in [2.05, 4.69) is 64.8 Å². The molecule has 0 heterocycles. The van der Waals surface area contributed by atoms with E-state index in [4.69, 9.17) is 0 Å². The normalized spacial score (nSPS) is 38.4. The molecule has 0 aromatic heterocycles. The molecule has 0 spiro atoms. The number of aromatic carboxylic acids is 1. The standard InChI is InChI=1S/C42H63N3O5S/c1-27(2)30-17-22-42(44-37(48)43-25-10-26-45(8)51(9,49)50)24-23-40(6)32(35(30)42)15-16-34-39(5)20-18-31(28-11-13-29(14-12-28)36(46)47)38(3,4)33(39)19-21-41(34,40)7/h11-14,18,30,32-35H,1,10,15-17,19-26H2,2-9H3,(H,46,47)(H2,43,44,48)/t30-,32+,33-,34+,35+,39-,40+,41+,42-/m0/s1. The van der Waals surface area contributed by atoms with Crippen molar-refractivity contribution in [3.8, 4) is 0 Å². The summed E-state index contributed by atoms with van der Waals surface area (Å²) in [5.41, 5.74) is 4.26. The molecule has 0 saturated heterocycles. The van der Waals surface area contributed by atoms with Crippen molar-refractivity contribution < 1.29 is 23.1 Å². The number of nitrogens with zero attached hydrogens (tertiary/aromatic N) is 1. The second-order valence-electron chi connectivity index (χ2n) is 18.6. The number of carboxylic acid groups (broad SMARTS) is 1. The molecule has 0 radical (unpaired) electrons. The summed E-state index contributed by atoms with van der Waals surface area (Å²) in [4.78, 5) is 25.1. The van der Waals surface area contributed by atoms with Gasteiger partial charge >= 0.3 is 12.0 Å². The molecule has 1 aromatic carbocycles. The minimum atomic E-state index is -3.24. The first-order valence-corrected chi connectivity index (χ1v) is 21.2. The first-order chi connectivity index (χ1) is 23.7. The van der Waals surface area contributed by atoms with Gasteiger partial charge in [-0.3, -0.25) is 0 Å². The number of rotatable bonds is 9. The summed E-state index contributed by atoms with van der Waals surface area (Å²) >= 11 is 0. The Kier molecular flexibility index (Phi) is 9.73. The summed E-state index contributed by atoms with van der Waals surface area (Å²) in [7, 11) is -1.67. The van der Waals surface area contributed by atoms with Crippen LogP contribution in [-0.2, 0) is 10.0 Å². The van der Waals surface area contributed by atoms with Crippen molar-refractivity contribution in [2.45, 2.75) is 111 Å². The fraction of sp³-hybridized carbons (Fsp3) is 0.714. The van der Waals surface area contributed by atoms with Crippen molar-refractivity contribution in [2.24, 2.45) is 51.2 Å². The zero-order valence-electron chi connectivity index (χ0n) is 32.4. The molecule has 282 valence electrons. The number of sulfonamides is 1. The zero-order valence-corrected chi connectivity index (χ0v) is 33.2. The van der Waals surface area contributed by atoms with E-state index in [-0.39, 0.29) is 33.2 Å². The van der Waals surface area contributed by atoms with Gasteiger partial charge in [-0.25, -0.2) is 22.3 Å². The number of urea groups is 1. The Balaban J connectivity index is 1.24. The molecule has 2 amide bonds. The Hall–Kier alpha value is -2.65. The Morgan fingerprint density at radius 3 is 2.25 bits per heavy atom. The number of carboxylic acids is 1. The van der Waals surface area contributed by atoms with E-state index in [1.165, 1.54) is 47.4 Å². The lowest BCUT2D eigenvalue weighted by Gasteiger charge is -2.72. The third-order valence-electron chi connectivity index (χ3n) is 16.0. The molecule has 9 atom stereocenters. The van der Waals surface area contributed by atoms with Gasteiger partial charge in [-0.2, -0.15) is 0 Å². The minimum absolute atomic E-state index is 0.0352. The molecule has 0 bridgehead atoms. The molecule has 4 fully saturated rings. The van der Waals surface area contributed by atoms with Gasteiger partial charge in [0.15, 0.2) is 0 Å². The highest BCUT2D eigenvalue weighted by Crippen LogP contribution is 2.76. The highest BCUT2D eigenvalue weighted by atomic mass is 32.2. The lowest BCUT2D eigenvalue weighted by atomic mass is 9.33. The van der Waals surface area contributed by atoms with Crippen LogP contribution >= 0.6 is 0 Å². The fourth-order valence-corrected chi connectivity index (χ4v) is 13.7. The largest absolute Gasteiger partial charge is 0.478 e. The van der Waals surface area contributed by atoms with Crippen molar-refractivity contribution in [3.05, 3.63) is 53.6 Å². The fourth-order valence-electron chi connectivity index (χ4n) is 13.2.